The highest BCUT2D eigenvalue weighted by Crippen LogP contribution is 2.40. The molecule has 0 bridgehead atoms. The molecular weight excluding hydrogens is 344 g/mol. The zero-order valence-corrected chi connectivity index (χ0v) is 14.9. The van der Waals surface area contributed by atoms with Crippen molar-refractivity contribution in [1.29, 1.82) is 0 Å². The molecule has 0 N–H and O–H groups in total. The summed E-state index contributed by atoms with van der Waals surface area (Å²) in [5.74, 6) is -1.70. The predicted molar refractivity (Wildman–Crippen MR) is 92.0 cm³/mol. The highest BCUT2D eigenvalue weighted by atomic mass is 16.6. The number of hydrogen-bond donors (Lipinski definition) is 0. The standard InChI is InChI=1S/C14H16N2O5.C3H4O2/c1-5-8-12(14(17)21-4)11-9(15(8)2)6-7-10(20-3)13(11)16(18)19;1-2-3(4)5/h6-7H,5H2,1-4H3;2H,1H2,(H,4,5)/p-1. The molecule has 0 fully saturated rings. The summed E-state index contributed by atoms with van der Waals surface area (Å²) < 4.78 is 11.6. The molecule has 0 amide bonds. The molecule has 1 heterocycles. The van der Waals surface area contributed by atoms with E-state index in [1.165, 1.54) is 20.3 Å². The Balaban J connectivity index is 0.000000597. The van der Waals surface area contributed by atoms with Crippen LogP contribution in [0.25, 0.3) is 10.9 Å². The molecule has 2 aromatic rings. The molecule has 0 radical (unpaired) electrons. The van der Waals surface area contributed by atoms with E-state index in [-0.39, 0.29) is 22.4 Å². The van der Waals surface area contributed by atoms with Crippen molar-refractivity contribution in [3.8, 4) is 5.75 Å². The molecule has 9 nitrogen and oxygen atoms in total. The number of esters is 1. The van der Waals surface area contributed by atoms with Crippen molar-refractivity contribution in [2.75, 3.05) is 14.2 Å². The van der Waals surface area contributed by atoms with Gasteiger partial charge < -0.3 is 23.9 Å². The van der Waals surface area contributed by atoms with Crippen LogP contribution in [0.5, 0.6) is 5.75 Å². The van der Waals surface area contributed by atoms with E-state index in [9.17, 15) is 14.9 Å². The Labute approximate surface area is 149 Å². The third-order valence-corrected chi connectivity index (χ3v) is 3.72. The Bertz CT molecular complexity index is 868. The number of methoxy groups -OCH3 is 2. The Kier molecular flexibility index (Phi) is 6.88. The Morgan fingerprint density at radius 1 is 1.35 bits per heavy atom. The first kappa shape index (κ1) is 20.7. The minimum Gasteiger partial charge on any atom is -0.545 e. The van der Waals surface area contributed by atoms with Gasteiger partial charge >= 0.3 is 11.7 Å². The van der Waals surface area contributed by atoms with Gasteiger partial charge in [0.05, 0.1) is 41.6 Å². The van der Waals surface area contributed by atoms with Crippen LogP contribution in [0.2, 0.25) is 0 Å². The lowest BCUT2D eigenvalue weighted by molar-refractivity contribution is -0.384. The topological polar surface area (TPSA) is 124 Å². The molecule has 1 aromatic carbocycles. The number of rotatable bonds is 5. The van der Waals surface area contributed by atoms with Crippen molar-refractivity contribution in [2.24, 2.45) is 7.05 Å². The van der Waals surface area contributed by atoms with Gasteiger partial charge in [-0.15, -0.1) is 0 Å². The van der Waals surface area contributed by atoms with Crippen LogP contribution < -0.4 is 9.84 Å². The summed E-state index contributed by atoms with van der Waals surface area (Å²) in [6.45, 7) is 4.78. The molecule has 0 saturated carbocycles. The molecule has 9 heteroatoms. The fourth-order valence-corrected chi connectivity index (χ4v) is 2.63. The van der Waals surface area contributed by atoms with Crippen LogP contribution in [-0.4, -0.2) is 35.6 Å². The number of aromatic nitrogens is 1. The van der Waals surface area contributed by atoms with Gasteiger partial charge in [-0.1, -0.05) is 13.5 Å². The molecule has 0 aliphatic carbocycles. The summed E-state index contributed by atoms with van der Waals surface area (Å²) in [6, 6.07) is 3.23. The van der Waals surface area contributed by atoms with Gasteiger partial charge in [0.2, 0.25) is 0 Å². The van der Waals surface area contributed by atoms with Gasteiger partial charge in [-0.25, -0.2) is 4.79 Å². The Morgan fingerprint density at radius 2 is 1.92 bits per heavy atom. The minimum atomic E-state index is -1.23. The fraction of sp³-hybridized carbons (Fsp3) is 0.294. The van der Waals surface area contributed by atoms with Crippen molar-refractivity contribution in [1.82, 2.24) is 4.57 Å². The average molecular weight is 363 g/mol. The third-order valence-electron chi connectivity index (χ3n) is 3.72. The number of carbonyl (C=O) groups is 2. The fourth-order valence-electron chi connectivity index (χ4n) is 2.63. The van der Waals surface area contributed by atoms with Crippen molar-refractivity contribution < 1.29 is 29.1 Å². The van der Waals surface area contributed by atoms with E-state index in [0.29, 0.717) is 17.6 Å². The summed E-state index contributed by atoms with van der Waals surface area (Å²) in [4.78, 5) is 32.1. The zero-order chi connectivity index (χ0) is 20.0. The number of aryl methyl sites for hydroxylation is 1. The molecule has 1 aromatic heterocycles. The summed E-state index contributed by atoms with van der Waals surface area (Å²) in [7, 11) is 4.38. The van der Waals surface area contributed by atoms with E-state index >= 15 is 0 Å². The Morgan fingerprint density at radius 3 is 2.31 bits per heavy atom. The van der Waals surface area contributed by atoms with Crippen molar-refractivity contribution in [3.63, 3.8) is 0 Å². The lowest BCUT2D eigenvalue weighted by atomic mass is 10.1. The number of aliphatic carboxylic acids is 1. The summed E-state index contributed by atoms with van der Waals surface area (Å²) in [6.07, 6.45) is 1.27. The molecule has 0 spiro atoms. The highest BCUT2D eigenvalue weighted by Gasteiger charge is 2.30. The number of nitro benzene ring substituents is 1. The van der Waals surface area contributed by atoms with Gasteiger partial charge in [-0.05, 0) is 24.6 Å². The van der Waals surface area contributed by atoms with Crippen LogP contribution in [0.4, 0.5) is 5.69 Å². The predicted octanol–water partition coefficient (Wildman–Crippen LogP) is 1.37. The SMILES string of the molecule is C=CC(=O)[O-].CCc1c(C(=O)OC)c2c([N+](=O)[O-])c(OC)ccc2n1C. The van der Waals surface area contributed by atoms with E-state index in [0.717, 1.165) is 6.08 Å². The lowest BCUT2D eigenvalue weighted by Gasteiger charge is -2.04. The van der Waals surface area contributed by atoms with Gasteiger partial charge in [0, 0.05) is 12.7 Å². The first-order chi connectivity index (χ1) is 12.2. The summed E-state index contributed by atoms with van der Waals surface area (Å²) >= 11 is 0. The van der Waals surface area contributed by atoms with E-state index in [4.69, 9.17) is 19.4 Å². The van der Waals surface area contributed by atoms with E-state index in [1.54, 1.807) is 17.7 Å². The number of nitrogens with zero attached hydrogens (tertiary/aromatic N) is 2. The van der Waals surface area contributed by atoms with E-state index < -0.39 is 16.9 Å². The van der Waals surface area contributed by atoms with Crippen LogP contribution in [-0.2, 0) is 23.0 Å². The lowest BCUT2D eigenvalue weighted by Crippen LogP contribution is -2.17. The minimum absolute atomic E-state index is 0.117. The maximum absolute atomic E-state index is 12.1. The zero-order valence-electron chi connectivity index (χ0n) is 14.9. The molecule has 140 valence electrons. The second kappa shape index (κ2) is 8.65. The average Bonchev–Trinajstić information content (AvgIpc) is 2.92. The molecule has 0 aliphatic heterocycles. The van der Waals surface area contributed by atoms with Crippen LogP contribution in [0.3, 0.4) is 0 Å². The molecule has 2 rings (SSSR count). The third kappa shape index (κ3) is 3.82. The van der Waals surface area contributed by atoms with Crippen LogP contribution >= 0.6 is 0 Å². The van der Waals surface area contributed by atoms with Gasteiger partial charge in [0.25, 0.3) is 0 Å². The van der Waals surface area contributed by atoms with E-state index in [1.807, 2.05) is 6.92 Å². The number of benzene rings is 1. The number of nitro groups is 1. The number of fused-ring (bicyclic) bond motifs is 1. The van der Waals surface area contributed by atoms with Crippen molar-refractivity contribution in [2.45, 2.75) is 13.3 Å². The molecule has 0 aliphatic rings. The van der Waals surface area contributed by atoms with E-state index in [2.05, 4.69) is 6.58 Å². The van der Waals surface area contributed by atoms with Crippen LogP contribution in [0.1, 0.15) is 23.0 Å². The van der Waals surface area contributed by atoms with Crippen molar-refractivity contribution >= 4 is 28.5 Å². The second-order valence-electron chi connectivity index (χ2n) is 5.02. The number of carboxylic acids is 1. The number of carbonyl (C=O) groups excluding carboxylic acids is 2. The summed E-state index contributed by atoms with van der Waals surface area (Å²) in [5.41, 5.74) is 1.29. The number of hydrogen-bond acceptors (Lipinski definition) is 7. The Hall–Kier alpha value is -3.36. The van der Waals surface area contributed by atoms with Crippen LogP contribution in [0.15, 0.2) is 24.8 Å². The van der Waals surface area contributed by atoms with Crippen molar-refractivity contribution in [3.05, 3.63) is 46.2 Å². The molecule has 26 heavy (non-hydrogen) atoms. The smallest absolute Gasteiger partial charge is 0.340 e. The number of carboxylic acid groups (broad SMARTS) is 1. The second-order valence-corrected chi connectivity index (χ2v) is 5.02. The maximum atomic E-state index is 12.1. The molecule has 0 atom stereocenters. The highest BCUT2D eigenvalue weighted by molar-refractivity contribution is 6.10. The molecule has 0 unspecified atom stereocenters. The molecular formula is C17H19N2O7-. The quantitative estimate of drug-likeness (QED) is 0.340. The maximum Gasteiger partial charge on any atom is 0.340 e. The van der Waals surface area contributed by atoms with Gasteiger partial charge in [-0.2, -0.15) is 0 Å². The van der Waals surface area contributed by atoms with Gasteiger partial charge in [0.1, 0.15) is 0 Å². The van der Waals surface area contributed by atoms with Crippen LogP contribution in [0, 0.1) is 10.1 Å². The van der Waals surface area contributed by atoms with Gasteiger partial charge in [-0.3, -0.25) is 10.1 Å². The number of ether oxygens (including phenoxy) is 2. The first-order valence-corrected chi connectivity index (χ1v) is 7.49. The molecule has 0 saturated heterocycles. The summed E-state index contributed by atoms with van der Waals surface area (Å²) in [5, 5.41) is 20.8. The normalized spacial score (nSPS) is 9.85. The largest absolute Gasteiger partial charge is 0.545 e. The van der Waals surface area contributed by atoms with Gasteiger partial charge in [0.15, 0.2) is 5.75 Å². The first-order valence-electron chi connectivity index (χ1n) is 7.49. The monoisotopic (exact) mass is 363 g/mol.